The van der Waals surface area contributed by atoms with Gasteiger partial charge in [0.2, 0.25) is 0 Å². The smallest absolute Gasteiger partial charge is 0.487 e. The summed E-state index contributed by atoms with van der Waals surface area (Å²) in [5.74, 6) is 0.704. The highest BCUT2D eigenvalue weighted by molar-refractivity contribution is 6.62. The van der Waals surface area contributed by atoms with Crippen molar-refractivity contribution in [2.45, 2.75) is 70.7 Å². The Bertz CT molecular complexity index is 862. The minimum atomic E-state index is -0.358. The summed E-state index contributed by atoms with van der Waals surface area (Å²) in [4.78, 5) is 0. The normalized spacial score (nSPS) is 25.3. The van der Waals surface area contributed by atoms with Crippen molar-refractivity contribution in [3.8, 4) is 5.75 Å². The summed E-state index contributed by atoms with van der Waals surface area (Å²) in [6.07, 6.45) is 2.59. The van der Waals surface area contributed by atoms with Crippen molar-refractivity contribution in [2.24, 2.45) is 0 Å². The SMILES string of the molecule is CC1(Cc2ccc(F)cc2)CCc2cc(B3OC(C)(C)C(C)(C)O3)ccc2O1. The number of hydrogen-bond donors (Lipinski definition) is 0. The Labute approximate surface area is 167 Å². The standard InChI is InChI=1S/C23H28BFO3/c1-21(2)22(3,4)28-24(27-21)18-8-11-20-17(14-18)12-13-23(5,26-20)15-16-6-9-19(25)10-7-16/h6-11,14H,12-13,15H2,1-5H3. The minimum Gasteiger partial charge on any atom is -0.487 e. The van der Waals surface area contributed by atoms with Crippen LogP contribution < -0.4 is 10.2 Å². The van der Waals surface area contributed by atoms with Crippen molar-refractivity contribution in [2.75, 3.05) is 0 Å². The molecule has 1 saturated heterocycles. The molecule has 1 fully saturated rings. The van der Waals surface area contributed by atoms with Crippen LogP contribution in [0.15, 0.2) is 42.5 Å². The van der Waals surface area contributed by atoms with Crippen molar-refractivity contribution < 1.29 is 18.4 Å². The summed E-state index contributed by atoms with van der Waals surface area (Å²) in [5, 5.41) is 0. The van der Waals surface area contributed by atoms with Crippen LogP contribution in [-0.4, -0.2) is 23.9 Å². The zero-order valence-corrected chi connectivity index (χ0v) is 17.3. The number of fused-ring (bicyclic) bond motifs is 1. The lowest BCUT2D eigenvalue weighted by Crippen LogP contribution is -2.41. The van der Waals surface area contributed by atoms with Crippen LogP contribution in [0.25, 0.3) is 0 Å². The van der Waals surface area contributed by atoms with Gasteiger partial charge in [0.05, 0.1) is 11.2 Å². The van der Waals surface area contributed by atoms with Crippen LogP contribution in [0.2, 0.25) is 0 Å². The lowest BCUT2D eigenvalue weighted by Gasteiger charge is -2.36. The number of aryl methyl sites for hydroxylation is 1. The van der Waals surface area contributed by atoms with E-state index in [1.165, 1.54) is 17.7 Å². The van der Waals surface area contributed by atoms with Crippen LogP contribution in [0, 0.1) is 5.82 Å². The molecule has 0 N–H and O–H groups in total. The van der Waals surface area contributed by atoms with Crippen molar-refractivity contribution in [3.63, 3.8) is 0 Å². The first-order chi connectivity index (χ1) is 13.1. The quantitative estimate of drug-likeness (QED) is 0.734. The average Bonchev–Trinajstić information content (AvgIpc) is 2.84. The zero-order valence-electron chi connectivity index (χ0n) is 17.3. The van der Waals surface area contributed by atoms with Gasteiger partial charge in [0, 0.05) is 6.42 Å². The maximum Gasteiger partial charge on any atom is 0.494 e. The largest absolute Gasteiger partial charge is 0.494 e. The molecule has 0 aliphatic carbocycles. The number of halogens is 1. The first kappa shape index (κ1) is 19.5. The first-order valence-electron chi connectivity index (χ1n) is 9.99. The fourth-order valence-corrected chi connectivity index (χ4v) is 3.89. The fourth-order valence-electron chi connectivity index (χ4n) is 3.89. The van der Waals surface area contributed by atoms with Crippen LogP contribution in [0.4, 0.5) is 4.39 Å². The van der Waals surface area contributed by atoms with E-state index >= 15 is 0 Å². The molecule has 0 saturated carbocycles. The Kier molecular flexibility index (Phi) is 4.59. The van der Waals surface area contributed by atoms with Crippen LogP contribution in [0.3, 0.4) is 0 Å². The molecule has 0 aromatic heterocycles. The molecule has 5 heteroatoms. The van der Waals surface area contributed by atoms with E-state index in [0.29, 0.717) is 0 Å². The molecular weight excluding hydrogens is 354 g/mol. The lowest BCUT2D eigenvalue weighted by molar-refractivity contribution is 0.00578. The van der Waals surface area contributed by atoms with Crippen LogP contribution >= 0.6 is 0 Å². The van der Waals surface area contributed by atoms with Gasteiger partial charge in [-0.15, -0.1) is 0 Å². The van der Waals surface area contributed by atoms with Crippen molar-refractivity contribution >= 4 is 12.6 Å². The van der Waals surface area contributed by atoms with E-state index in [9.17, 15) is 4.39 Å². The molecule has 3 nitrogen and oxygen atoms in total. The monoisotopic (exact) mass is 382 g/mol. The maximum atomic E-state index is 13.2. The molecular formula is C23H28BFO3. The second kappa shape index (κ2) is 6.60. The van der Waals surface area contributed by atoms with Gasteiger partial charge in [-0.3, -0.25) is 0 Å². The Morgan fingerprint density at radius 3 is 2.21 bits per heavy atom. The van der Waals surface area contributed by atoms with Crippen molar-refractivity contribution in [3.05, 3.63) is 59.4 Å². The Hall–Kier alpha value is -1.85. The highest BCUT2D eigenvalue weighted by Crippen LogP contribution is 2.38. The highest BCUT2D eigenvalue weighted by Gasteiger charge is 2.51. The molecule has 0 amide bonds. The van der Waals surface area contributed by atoms with Gasteiger partial charge >= 0.3 is 7.12 Å². The zero-order chi connectivity index (χ0) is 20.2. The summed E-state index contributed by atoms with van der Waals surface area (Å²) in [5.41, 5.74) is 2.31. The van der Waals surface area contributed by atoms with Crippen molar-refractivity contribution in [1.82, 2.24) is 0 Å². The van der Waals surface area contributed by atoms with E-state index in [0.717, 1.165) is 36.0 Å². The molecule has 0 bridgehead atoms. The molecule has 1 unspecified atom stereocenters. The predicted octanol–water partition coefficient (Wildman–Crippen LogP) is 4.45. The van der Waals surface area contributed by atoms with Crippen molar-refractivity contribution in [1.29, 1.82) is 0 Å². The Balaban J connectivity index is 1.51. The molecule has 2 aromatic rings. The van der Waals surface area contributed by atoms with E-state index in [4.69, 9.17) is 14.0 Å². The highest BCUT2D eigenvalue weighted by atomic mass is 19.1. The third-order valence-electron chi connectivity index (χ3n) is 6.38. The van der Waals surface area contributed by atoms with Crippen LogP contribution in [-0.2, 0) is 22.2 Å². The molecule has 0 spiro atoms. The van der Waals surface area contributed by atoms with E-state index in [-0.39, 0.29) is 29.7 Å². The molecule has 28 heavy (non-hydrogen) atoms. The van der Waals surface area contributed by atoms with Gasteiger partial charge < -0.3 is 14.0 Å². The number of rotatable bonds is 3. The molecule has 4 rings (SSSR count). The van der Waals surface area contributed by atoms with Gasteiger partial charge in [-0.05, 0) is 82.2 Å². The van der Waals surface area contributed by atoms with Gasteiger partial charge in [-0.1, -0.05) is 24.3 Å². The third-order valence-corrected chi connectivity index (χ3v) is 6.38. The molecule has 148 valence electrons. The molecule has 2 aliphatic heterocycles. The summed E-state index contributed by atoms with van der Waals surface area (Å²) in [7, 11) is -0.358. The maximum absolute atomic E-state index is 13.2. The second-order valence-electron chi connectivity index (χ2n) is 9.31. The molecule has 2 aromatic carbocycles. The second-order valence-corrected chi connectivity index (χ2v) is 9.31. The lowest BCUT2D eigenvalue weighted by atomic mass is 9.77. The minimum absolute atomic E-state index is 0.209. The Morgan fingerprint density at radius 2 is 1.57 bits per heavy atom. The number of hydrogen-bond acceptors (Lipinski definition) is 3. The summed E-state index contributed by atoms with van der Waals surface area (Å²) in [6, 6.07) is 12.9. The predicted molar refractivity (Wildman–Crippen MR) is 110 cm³/mol. The van der Waals surface area contributed by atoms with Gasteiger partial charge in [0.1, 0.15) is 17.2 Å². The topological polar surface area (TPSA) is 27.7 Å². The van der Waals surface area contributed by atoms with Gasteiger partial charge in [-0.2, -0.15) is 0 Å². The van der Waals surface area contributed by atoms with E-state index in [1.54, 1.807) is 0 Å². The number of ether oxygens (including phenoxy) is 1. The van der Waals surface area contributed by atoms with Gasteiger partial charge in [-0.25, -0.2) is 4.39 Å². The van der Waals surface area contributed by atoms with Gasteiger partial charge in [0.25, 0.3) is 0 Å². The third kappa shape index (κ3) is 3.58. The van der Waals surface area contributed by atoms with Gasteiger partial charge in [0.15, 0.2) is 0 Å². The van der Waals surface area contributed by atoms with E-state index in [1.807, 2.05) is 24.3 Å². The summed E-state index contributed by atoms with van der Waals surface area (Å²) < 4.78 is 31.9. The summed E-state index contributed by atoms with van der Waals surface area (Å²) in [6.45, 7) is 10.4. The molecule has 0 radical (unpaired) electrons. The van der Waals surface area contributed by atoms with Crippen LogP contribution in [0.5, 0.6) is 5.75 Å². The number of benzene rings is 2. The molecule has 2 heterocycles. The average molecular weight is 382 g/mol. The van der Waals surface area contributed by atoms with E-state index < -0.39 is 0 Å². The fraction of sp³-hybridized carbons (Fsp3) is 0.478. The molecule has 2 aliphatic rings. The van der Waals surface area contributed by atoms with Crippen LogP contribution in [0.1, 0.15) is 52.2 Å². The first-order valence-corrected chi connectivity index (χ1v) is 9.99. The summed E-state index contributed by atoms with van der Waals surface area (Å²) >= 11 is 0. The Morgan fingerprint density at radius 1 is 0.929 bits per heavy atom. The van der Waals surface area contributed by atoms with E-state index in [2.05, 4.69) is 40.7 Å². The molecule has 1 atom stereocenters.